The average Bonchev–Trinajstić information content (AvgIpc) is 2.45. The number of hydrogen-bond acceptors (Lipinski definition) is 3. The molecule has 0 bridgehead atoms. The molecule has 2 N–H and O–H groups in total. The molecule has 0 fully saturated rings. The van der Waals surface area contributed by atoms with E-state index in [1.165, 1.54) is 5.39 Å². The molecule has 2 aromatic carbocycles. The van der Waals surface area contributed by atoms with Gasteiger partial charge in [0.05, 0.1) is 0 Å². The van der Waals surface area contributed by atoms with E-state index in [1.807, 2.05) is 31.2 Å². The summed E-state index contributed by atoms with van der Waals surface area (Å²) in [6.45, 7) is 6.22. The maximum Gasteiger partial charge on any atom is 0.162 e. The van der Waals surface area contributed by atoms with Gasteiger partial charge in [0.15, 0.2) is 5.82 Å². The molecular weight excluding hydrogens is 258 g/mol. The third-order valence-electron chi connectivity index (χ3n) is 3.77. The molecule has 3 nitrogen and oxygen atoms in total. The molecule has 0 radical (unpaired) electrons. The van der Waals surface area contributed by atoms with E-state index in [0.29, 0.717) is 17.6 Å². The summed E-state index contributed by atoms with van der Waals surface area (Å²) in [7, 11) is 0. The molecule has 3 heteroatoms. The van der Waals surface area contributed by atoms with Gasteiger partial charge in [0.1, 0.15) is 5.82 Å². The van der Waals surface area contributed by atoms with Crippen LogP contribution in [-0.4, -0.2) is 9.97 Å². The van der Waals surface area contributed by atoms with Crippen molar-refractivity contribution in [3.63, 3.8) is 0 Å². The van der Waals surface area contributed by atoms with Crippen LogP contribution in [0.1, 0.15) is 31.0 Å². The van der Waals surface area contributed by atoms with Crippen molar-refractivity contribution in [1.82, 2.24) is 9.97 Å². The minimum absolute atomic E-state index is 0.326. The number of benzene rings is 2. The lowest BCUT2D eigenvalue weighted by molar-refractivity contribution is 0.836. The lowest BCUT2D eigenvalue weighted by atomic mass is 10.0. The van der Waals surface area contributed by atoms with E-state index < -0.39 is 0 Å². The first-order valence-corrected chi connectivity index (χ1v) is 7.20. The second kappa shape index (κ2) is 5.17. The van der Waals surface area contributed by atoms with E-state index in [1.54, 1.807) is 0 Å². The molecule has 0 unspecified atom stereocenters. The van der Waals surface area contributed by atoms with Gasteiger partial charge in [-0.25, -0.2) is 9.97 Å². The first-order chi connectivity index (χ1) is 10.1. The Morgan fingerprint density at radius 2 is 1.67 bits per heavy atom. The zero-order valence-corrected chi connectivity index (χ0v) is 12.6. The van der Waals surface area contributed by atoms with Gasteiger partial charge in [-0.05, 0) is 23.6 Å². The molecule has 21 heavy (non-hydrogen) atoms. The van der Waals surface area contributed by atoms with Crippen molar-refractivity contribution in [3.8, 4) is 11.4 Å². The highest BCUT2D eigenvalue weighted by Gasteiger charge is 2.14. The molecule has 0 saturated carbocycles. The van der Waals surface area contributed by atoms with Crippen LogP contribution in [0, 0.1) is 6.92 Å². The fraction of sp³-hybridized carbons (Fsp3) is 0.222. The summed E-state index contributed by atoms with van der Waals surface area (Å²) >= 11 is 0. The van der Waals surface area contributed by atoms with Crippen LogP contribution in [0.2, 0.25) is 0 Å². The van der Waals surface area contributed by atoms with Crippen LogP contribution < -0.4 is 5.73 Å². The number of anilines is 1. The highest BCUT2D eigenvalue weighted by Crippen LogP contribution is 2.30. The molecule has 0 atom stereocenters. The summed E-state index contributed by atoms with van der Waals surface area (Å²) in [6.07, 6.45) is 0. The van der Waals surface area contributed by atoms with Gasteiger partial charge in [-0.3, -0.25) is 0 Å². The van der Waals surface area contributed by atoms with Crippen LogP contribution in [0.15, 0.2) is 42.5 Å². The number of nitrogens with two attached hydrogens (primary N) is 1. The van der Waals surface area contributed by atoms with Crippen molar-refractivity contribution in [3.05, 3.63) is 53.7 Å². The van der Waals surface area contributed by atoms with Crippen molar-refractivity contribution in [2.45, 2.75) is 26.7 Å². The smallest absolute Gasteiger partial charge is 0.162 e. The first kappa shape index (κ1) is 13.6. The topological polar surface area (TPSA) is 51.8 Å². The quantitative estimate of drug-likeness (QED) is 0.759. The highest BCUT2D eigenvalue weighted by atomic mass is 15.0. The molecule has 3 rings (SSSR count). The molecular formula is C18H19N3. The molecule has 0 aliphatic heterocycles. The van der Waals surface area contributed by atoms with E-state index in [2.05, 4.69) is 42.0 Å². The van der Waals surface area contributed by atoms with Crippen LogP contribution in [0.3, 0.4) is 0 Å². The molecule has 0 aliphatic rings. The van der Waals surface area contributed by atoms with Gasteiger partial charge in [-0.15, -0.1) is 0 Å². The van der Waals surface area contributed by atoms with Crippen molar-refractivity contribution in [2.24, 2.45) is 0 Å². The van der Waals surface area contributed by atoms with Gasteiger partial charge in [-0.2, -0.15) is 0 Å². The minimum Gasteiger partial charge on any atom is -0.383 e. The van der Waals surface area contributed by atoms with Gasteiger partial charge in [-0.1, -0.05) is 56.3 Å². The van der Waals surface area contributed by atoms with Crippen LogP contribution in [0.5, 0.6) is 0 Å². The summed E-state index contributed by atoms with van der Waals surface area (Å²) < 4.78 is 0. The Morgan fingerprint density at radius 1 is 0.952 bits per heavy atom. The number of hydrogen-bond donors (Lipinski definition) is 1. The van der Waals surface area contributed by atoms with Crippen LogP contribution in [0.25, 0.3) is 22.2 Å². The summed E-state index contributed by atoms with van der Waals surface area (Å²) in [6, 6.07) is 14.4. The van der Waals surface area contributed by atoms with Gasteiger partial charge in [0.25, 0.3) is 0 Å². The number of fused-ring (bicyclic) bond motifs is 1. The Balaban J connectivity index is 2.24. The summed E-state index contributed by atoms with van der Waals surface area (Å²) in [4.78, 5) is 9.23. The Hall–Kier alpha value is -2.42. The van der Waals surface area contributed by atoms with Crippen LogP contribution >= 0.6 is 0 Å². The molecule has 106 valence electrons. The maximum atomic E-state index is 6.15. The molecule has 0 saturated heterocycles. The molecule has 0 aliphatic carbocycles. The van der Waals surface area contributed by atoms with Crippen LogP contribution in [0.4, 0.5) is 5.82 Å². The third kappa shape index (κ3) is 2.35. The SMILES string of the molecule is Cc1nc(-c2cccc3ccccc23)nc(N)c1C(C)C. The number of aromatic nitrogens is 2. The van der Waals surface area contributed by atoms with Gasteiger partial charge >= 0.3 is 0 Å². The lowest BCUT2D eigenvalue weighted by Gasteiger charge is -2.14. The number of aryl methyl sites for hydroxylation is 1. The van der Waals surface area contributed by atoms with Crippen molar-refractivity contribution in [2.75, 3.05) is 5.73 Å². The third-order valence-corrected chi connectivity index (χ3v) is 3.77. The van der Waals surface area contributed by atoms with Crippen molar-refractivity contribution in [1.29, 1.82) is 0 Å². The minimum atomic E-state index is 0.326. The first-order valence-electron chi connectivity index (χ1n) is 7.20. The van der Waals surface area contributed by atoms with Gasteiger partial charge in [0, 0.05) is 16.8 Å². The Kier molecular flexibility index (Phi) is 3.34. The molecule has 0 amide bonds. The molecule has 0 spiro atoms. The normalized spacial score (nSPS) is 11.2. The molecule has 1 heterocycles. The van der Waals surface area contributed by atoms with Gasteiger partial charge < -0.3 is 5.73 Å². The van der Waals surface area contributed by atoms with Crippen LogP contribution in [-0.2, 0) is 0 Å². The monoisotopic (exact) mass is 277 g/mol. The predicted molar refractivity (Wildman–Crippen MR) is 88.2 cm³/mol. The molecule has 1 aromatic heterocycles. The summed E-state index contributed by atoms with van der Waals surface area (Å²) in [5.74, 6) is 1.61. The number of nitrogen functional groups attached to an aromatic ring is 1. The Bertz CT molecular complexity index is 778. The van der Waals surface area contributed by atoms with E-state index in [-0.39, 0.29) is 0 Å². The Labute approximate surface area is 124 Å². The van der Waals surface area contributed by atoms with E-state index in [0.717, 1.165) is 22.2 Å². The van der Waals surface area contributed by atoms with E-state index in [4.69, 9.17) is 5.73 Å². The van der Waals surface area contributed by atoms with Crippen molar-refractivity contribution < 1.29 is 0 Å². The van der Waals surface area contributed by atoms with E-state index in [9.17, 15) is 0 Å². The standard InChI is InChI=1S/C18H19N3/c1-11(2)16-12(3)20-18(21-17(16)19)15-10-6-8-13-7-4-5-9-14(13)15/h4-11H,1-3H3,(H2,19,20,21). The zero-order valence-electron chi connectivity index (χ0n) is 12.6. The molecule has 3 aromatic rings. The Morgan fingerprint density at radius 3 is 2.38 bits per heavy atom. The fourth-order valence-corrected chi connectivity index (χ4v) is 2.86. The predicted octanol–water partition coefficient (Wildman–Crippen LogP) is 4.31. The van der Waals surface area contributed by atoms with Crippen molar-refractivity contribution >= 4 is 16.6 Å². The number of nitrogens with zero attached hydrogens (tertiary/aromatic N) is 2. The summed E-state index contributed by atoms with van der Waals surface area (Å²) in [5.41, 5.74) is 9.18. The largest absolute Gasteiger partial charge is 0.383 e. The second-order valence-electron chi connectivity index (χ2n) is 5.61. The second-order valence-corrected chi connectivity index (χ2v) is 5.61. The average molecular weight is 277 g/mol. The lowest BCUT2D eigenvalue weighted by Crippen LogP contribution is -2.06. The number of rotatable bonds is 2. The van der Waals surface area contributed by atoms with Gasteiger partial charge in [0.2, 0.25) is 0 Å². The maximum absolute atomic E-state index is 6.15. The zero-order chi connectivity index (χ0) is 15.0. The summed E-state index contributed by atoms with van der Waals surface area (Å²) in [5, 5.41) is 2.33. The van der Waals surface area contributed by atoms with E-state index >= 15 is 0 Å². The fourth-order valence-electron chi connectivity index (χ4n) is 2.86. The highest BCUT2D eigenvalue weighted by molar-refractivity contribution is 5.95.